The minimum Gasteiger partial charge on any atom is -0.324 e. The minimum absolute atomic E-state index is 0.184. The second-order valence-electron chi connectivity index (χ2n) is 7.34. The van der Waals surface area contributed by atoms with E-state index in [0.29, 0.717) is 5.92 Å². The van der Waals surface area contributed by atoms with Crippen molar-refractivity contribution >= 4 is 0 Å². The van der Waals surface area contributed by atoms with Crippen molar-refractivity contribution in [3.05, 3.63) is 70.8 Å². The predicted octanol–water partition coefficient (Wildman–Crippen LogP) is 4.40. The number of hydrogen-bond donors (Lipinski definition) is 1. The Bertz CT molecular complexity index is 619. The summed E-state index contributed by atoms with van der Waals surface area (Å²) < 4.78 is 0. The Balaban J connectivity index is 1.74. The number of benzene rings is 2. The van der Waals surface area contributed by atoms with Gasteiger partial charge < -0.3 is 5.73 Å². The summed E-state index contributed by atoms with van der Waals surface area (Å²) in [6.07, 6.45) is 2.18. The summed E-state index contributed by atoms with van der Waals surface area (Å²) in [6, 6.07) is 17.9. The second-order valence-corrected chi connectivity index (χ2v) is 7.34. The molecule has 110 valence electrons. The average Bonchev–Trinajstić information content (AvgIpc) is 2.76. The molecule has 0 heterocycles. The Hall–Kier alpha value is -1.60. The molecular formula is C20H25N. The van der Waals surface area contributed by atoms with Gasteiger partial charge in [0.25, 0.3) is 0 Å². The van der Waals surface area contributed by atoms with Gasteiger partial charge in [0.2, 0.25) is 0 Å². The smallest absolute Gasteiger partial charge is 0.0332 e. The SMILES string of the molecule is CC(C)(C)c1ccc(CC2Cc3ccccc3C2N)cc1. The van der Waals surface area contributed by atoms with E-state index in [1.807, 2.05) is 0 Å². The van der Waals surface area contributed by atoms with Crippen LogP contribution < -0.4 is 5.73 Å². The monoisotopic (exact) mass is 279 g/mol. The molecule has 2 N–H and O–H groups in total. The first kappa shape index (κ1) is 14.3. The molecule has 1 heteroatoms. The van der Waals surface area contributed by atoms with Crippen molar-refractivity contribution < 1.29 is 0 Å². The quantitative estimate of drug-likeness (QED) is 0.866. The Morgan fingerprint density at radius 3 is 2.29 bits per heavy atom. The van der Waals surface area contributed by atoms with Gasteiger partial charge in [-0.05, 0) is 46.4 Å². The lowest BCUT2D eigenvalue weighted by Crippen LogP contribution is -2.19. The lowest BCUT2D eigenvalue weighted by atomic mass is 9.85. The minimum atomic E-state index is 0.184. The highest BCUT2D eigenvalue weighted by Gasteiger charge is 2.29. The van der Waals surface area contributed by atoms with E-state index in [0.717, 1.165) is 12.8 Å². The standard InChI is InChI=1S/C20H25N/c1-20(2,3)17-10-8-14(9-11-17)12-16-13-15-6-4-5-7-18(15)19(16)21/h4-11,16,19H,12-13,21H2,1-3H3. The fourth-order valence-electron chi connectivity index (χ4n) is 3.35. The Morgan fingerprint density at radius 2 is 1.67 bits per heavy atom. The highest BCUT2D eigenvalue weighted by atomic mass is 14.7. The zero-order valence-electron chi connectivity index (χ0n) is 13.3. The van der Waals surface area contributed by atoms with Crippen LogP contribution in [-0.4, -0.2) is 0 Å². The van der Waals surface area contributed by atoms with E-state index in [1.165, 1.54) is 22.3 Å². The van der Waals surface area contributed by atoms with Gasteiger partial charge in [-0.1, -0.05) is 69.3 Å². The molecule has 1 aliphatic carbocycles. The fourth-order valence-corrected chi connectivity index (χ4v) is 3.35. The first-order chi connectivity index (χ1) is 9.95. The van der Waals surface area contributed by atoms with E-state index in [1.54, 1.807) is 0 Å². The third-order valence-electron chi connectivity index (χ3n) is 4.72. The normalized spacial score (nSPS) is 21.3. The molecule has 21 heavy (non-hydrogen) atoms. The van der Waals surface area contributed by atoms with Gasteiger partial charge >= 0.3 is 0 Å². The summed E-state index contributed by atoms with van der Waals surface area (Å²) in [7, 11) is 0. The average molecular weight is 279 g/mol. The molecule has 0 spiro atoms. The van der Waals surface area contributed by atoms with Crippen molar-refractivity contribution in [3.63, 3.8) is 0 Å². The molecule has 1 nitrogen and oxygen atoms in total. The van der Waals surface area contributed by atoms with E-state index in [4.69, 9.17) is 5.73 Å². The fraction of sp³-hybridized carbons (Fsp3) is 0.400. The zero-order valence-corrected chi connectivity index (χ0v) is 13.3. The summed E-state index contributed by atoms with van der Waals surface area (Å²) in [5.74, 6) is 0.530. The molecule has 1 aliphatic rings. The molecule has 0 aliphatic heterocycles. The summed E-state index contributed by atoms with van der Waals surface area (Å²) in [6.45, 7) is 6.77. The first-order valence-corrected chi connectivity index (χ1v) is 7.88. The second kappa shape index (κ2) is 5.31. The van der Waals surface area contributed by atoms with Crippen LogP contribution in [0.1, 0.15) is 49.1 Å². The highest BCUT2D eigenvalue weighted by Crippen LogP contribution is 2.36. The van der Waals surface area contributed by atoms with Crippen LogP contribution in [0.4, 0.5) is 0 Å². The van der Waals surface area contributed by atoms with E-state index < -0.39 is 0 Å². The van der Waals surface area contributed by atoms with Gasteiger partial charge in [0.1, 0.15) is 0 Å². The Morgan fingerprint density at radius 1 is 1.00 bits per heavy atom. The number of nitrogens with two attached hydrogens (primary N) is 1. The van der Waals surface area contributed by atoms with Gasteiger partial charge in [0, 0.05) is 6.04 Å². The molecule has 0 amide bonds. The number of hydrogen-bond acceptors (Lipinski definition) is 1. The molecule has 0 bridgehead atoms. The Kier molecular flexibility index (Phi) is 3.62. The van der Waals surface area contributed by atoms with Crippen LogP contribution in [0.3, 0.4) is 0 Å². The van der Waals surface area contributed by atoms with Crippen LogP contribution >= 0.6 is 0 Å². The maximum Gasteiger partial charge on any atom is 0.0332 e. The molecule has 0 fully saturated rings. The number of fused-ring (bicyclic) bond motifs is 1. The summed E-state index contributed by atoms with van der Waals surface area (Å²) in [5.41, 5.74) is 12.2. The van der Waals surface area contributed by atoms with E-state index in [-0.39, 0.29) is 11.5 Å². The van der Waals surface area contributed by atoms with Gasteiger partial charge in [-0.3, -0.25) is 0 Å². The lowest BCUT2D eigenvalue weighted by Gasteiger charge is -2.20. The zero-order chi connectivity index (χ0) is 15.0. The molecule has 3 rings (SSSR count). The van der Waals surface area contributed by atoms with Gasteiger partial charge in [-0.15, -0.1) is 0 Å². The molecule has 0 saturated carbocycles. The maximum atomic E-state index is 6.44. The largest absolute Gasteiger partial charge is 0.324 e. The lowest BCUT2D eigenvalue weighted by molar-refractivity contribution is 0.464. The molecule has 2 unspecified atom stereocenters. The molecule has 0 aromatic heterocycles. The van der Waals surface area contributed by atoms with Crippen molar-refractivity contribution in [1.29, 1.82) is 0 Å². The first-order valence-electron chi connectivity index (χ1n) is 7.88. The molecule has 2 aromatic rings. The summed E-state index contributed by atoms with van der Waals surface area (Å²) in [5, 5.41) is 0. The van der Waals surface area contributed by atoms with Crippen LogP contribution in [0.15, 0.2) is 48.5 Å². The predicted molar refractivity (Wildman–Crippen MR) is 89.4 cm³/mol. The maximum absolute atomic E-state index is 6.44. The van der Waals surface area contributed by atoms with E-state index in [2.05, 4.69) is 69.3 Å². The summed E-state index contributed by atoms with van der Waals surface area (Å²) >= 11 is 0. The van der Waals surface area contributed by atoms with Crippen molar-refractivity contribution in [1.82, 2.24) is 0 Å². The molecule has 2 atom stereocenters. The van der Waals surface area contributed by atoms with Gasteiger partial charge in [-0.2, -0.15) is 0 Å². The van der Waals surface area contributed by atoms with Crippen molar-refractivity contribution in [2.45, 2.75) is 45.1 Å². The van der Waals surface area contributed by atoms with Crippen LogP contribution in [0, 0.1) is 5.92 Å². The van der Waals surface area contributed by atoms with Crippen molar-refractivity contribution in [2.75, 3.05) is 0 Å². The topological polar surface area (TPSA) is 26.0 Å². The van der Waals surface area contributed by atoms with Gasteiger partial charge in [0.05, 0.1) is 0 Å². The Labute approximate surface area is 128 Å². The van der Waals surface area contributed by atoms with Crippen LogP contribution in [-0.2, 0) is 18.3 Å². The number of rotatable bonds is 2. The van der Waals surface area contributed by atoms with Crippen molar-refractivity contribution in [2.24, 2.45) is 11.7 Å². The van der Waals surface area contributed by atoms with Gasteiger partial charge in [0.15, 0.2) is 0 Å². The highest BCUT2D eigenvalue weighted by molar-refractivity contribution is 5.36. The van der Waals surface area contributed by atoms with E-state index >= 15 is 0 Å². The third-order valence-corrected chi connectivity index (χ3v) is 4.72. The van der Waals surface area contributed by atoms with Crippen LogP contribution in [0.25, 0.3) is 0 Å². The molecular weight excluding hydrogens is 254 g/mol. The van der Waals surface area contributed by atoms with Crippen LogP contribution in [0.2, 0.25) is 0 Å². The van der Waals surface area contributed by atoms with Crippen molar-refractivity contribution in [3.8, 4) is 0 Å². The third kappa shape index (κ3) is 2.89. The van der Waals surface area contributed by atoms with E-state index in [9.17, 15) is 0 Å². The summed E-state index contributed by atoms with van der Waals surface area (Å²) in [4.78, 5) is 0. The van der Waals surface area contributed by atoms with Crippen LogP contribution in [0.5, 0.6) is 0 Å². The molecule has 2 aromatic carbocycles. The molecule has 0 radical (unpaired) electrons. The van der Waals surface area contributed by atoms with Gasteiger partial charge in [-0.25, -0.2) is 0 Å². The molecule has 0 saturated heterocycles.